The van der Waals surface area contributed by atoms with Gasteiger partial charge in [0.2, 0.25) is 0 Å². The second kappa shape index (κ2) is 5.89. The minimum absolute atomic E-state index is 0.230. The van der Waals surface area contributed by atoms with Crippen LogP contribution in [0.2, 0.25) is 0 Å². The molecule has 108 valence electrons. The highest BCUT2D eigenvalue weighted by Crippen LogP contribution is 2.38. The lowest BCUT2D eigenvalue weighted by molar-refractivity contribution is 0.102. The van der Waals surface area contributed by atoms with Crippen LogP contribution < -0.4 is 5.32 Å². The van der Waals surface area contributed by atoms with E-state index in [1.807, 2.05) is 6.92 Å². The smallest absolute Gasteiger partial charge is 0.275 e. The molecule has 1 saturated carbocycles. The summed E-state index contributed by atoms with van der Waals surface area (Å²) in [4.78, 5) is 25.2. The maximum Gasteiger partial charge on any atom is 0.275 e. The first kappa shape index (κ1) is 14.1. The van der Waals surface area contributed by atoms with Crippen LogP contribution in [0.5, 0.6) is 0 Å². The quantitative estimate of drug-likeness (QED) is 0.921. The topological polar surface area (TPSA) is 67.8 Å². The number of hydrogen-bond donors (Lipinski definition) is 1. The molecule has 0 atom stereocenters. The van der Waals surface area contributed by atoms with Gasteiger partial charge in [-0.05, 0) is 46.8 Å². The number of aryl methyl sites for hydroxylation is 1. The minimum Gasteiger partial charge on any atom is -0.320 e. The van der Waals surface area contributed by atoms with Gasteiger partial charge >= 0.3 is 0 Å². The van der Waals surface area contributed by atoms with Crippen LogP contribution in [0.25, 0.3) is 0 Å². The number of carbonyl (C=O) groups excluding carboxylic acids is 1. The van der Waals surface area contributed by atoms with Gasteiger partial charge in [0.05, 0.1) is 4.47 Å². The fourth-order valence-electron chi connectivity index (χ4n) is 2.09. The van der Waals surface area contributed by atoms with E-state index in [0.717, 1.165) is 36.3 Å². The molecule has 21 heavy (non-hydrogen) atoms. The first-order valence-electron chi connectivity index (χ1n) is 6.95. The van der Waals surface area contributed by atoms with Crippen LogP contribution in [-0.2, 0) is 6.42 Å². The second-order valence-electron chi connectivity index (χ2n) is 5.04. The number of aromatic nitrogens is 3. The van der Waals surface area contributed by atoms with Gasteiger partial charge in [0.25, 0.3) is 5.91 Å². The van der Waals surface area contributed by atoms with Gasteiger partial charge in [-0.2, -0.15) is 0 Å². The van der Waals surface area contributed by atoms with E-state index in [-0.39, 0.29) is 5.91 Å². The number of halogens is 1. The van der Waals surface area contributed by atoms with Crippen molar-refractivity contribution in [3.05, 3.63) is 46.2 Å². The second-order valence-corrected chi connectivity index (χ2v) is 5.89. The Hall–Kier alpha value is -1.82. The first-order valence-corrected chi connectivity index (χ1v) is 7.75. The SMILES string of the molecule is CCc1cnccc1NC(=O)c1nc(C2CC2)ncc1Br. The number of pyridine rings is 1. The molecule has 0 bridgehead atoms. The molecule has 0 saturated heterocycles. The summed E-state index contributed by atoms with van der Waals surface area (Å²) in [6.45, 7) is 2.03. The van der Waals surface area contributed by atoms with Crippen LogP contribution in [-0.4, -0.2) is 20.9 Å². The predicted octanol–water partition coefficient (Wildman–Crippen LogP) is 3.33. The summed E-state index contributed by atoms with van der Waals surface area (Å²) >= 11 is 3.35. The van der Waals surface area contributed by atoms with Crippen LogP contribution in [0.3, 0.4) is 0 Å². The molecule has 1 aliphatic rings. The van der Waals surface area contributed by atoms with Gasteiger partial charge in [-0.1, -0.05) is 6.92 Å². The van der Waals surface area contributed by atoms with E-state index in [4.69, 9.17) is 0 Å². The molecule has 1 fully saturated rings. The van der Waals surface area contributed by atoms with E-state index in [9.17, 15) is 4.79 Å². The van der Waals surface area contributed by atoms with Crippen molar-refractivity contribution in [3.8, 4) is 0 Å². The Balaban J connectivity index is 1.86. The minimum atomic E-state index is -0.230. The van der Waals surface area contributed by atoms with Gasteiger partial charge in [-0.15, -0.1) is 0 Å². The molecule has 5 nitrogen and oxygen atoms in total. The number of anilines is 1. The molecule has 6 heteroatoms. The maximum absolute atomic E-state index is 12.4. The maximum atomic E-state index is 12.4. The number of rotatable bonds is 4. The van der Waals surface area contributed by atoms with Crippen LogP contribution in [0.4, 0.5) is 5.69 Å². The highest BCUT2D eigenvalue weighted by molar-refractivity contribution is 9.10. The van der Waals surface area contributed by atoms with Crippen molar-refractivity contribution in [2.75, 3.05) is 5.32 Å². The molecule has 1 N–H and O–H groups in total. The van der Waals surface area contributed by atoms with E-state index in [1.54, 1.807) is 24.7 Å². The molecule has 0 aliphatic heterocycles. The Bertz CT molecular complexity index is 685. The monoisotopic (exact) mass is 346 g/mol. The Morgan fingerprint density at radius 1 is 1.43 bits per heavy atom. The molecule has 2 aromatic heterocycles. The summed E-state index contributed by atoms with van der Waals surface area (Å²) in [5.41, 5.74) is 2.15. The van der Waals surface area contributed by atoms with Crippen molar-refractivity contribution < 1.29 is 4.79 Å². The molecule has 0 unspecified atom stereocenters. The van der Waals surface area contributed by atoms with Crippen LogP contribution in [0.1, 0.15) is 47.6 Å². The molecule has 0 radical (unpaired) electrons. The fraction of sp³-hybridized carbons (Fsp3) is 0.333. The van der Waals surface area contributed by atoms with Crippen molar-refractivity contribution in [1.29, 1.82) is 0 Å². The number of nitrogens with zero attached hydrogens (tertiary/aromatic N) is 3. The Morgan fingerprint density at radius 3 is 2.95 bits per heavy atom. The highest BCUT2D eigenvalue weighted by Gasteiger charge is 2.28. The molecular weight excluding hydrogens is 332 g/mol. The van der Waals surface area contributed by atoms with Gasteiger partial charge < -0.3 is 5.32 Å². The molecule has 3 rings (SSSR count). The first-order chi connectivity index (χ1) is 10.2. The average Bonchev–Trinajstić information content (AvgIpc) is 3.33. The van der Waals surface area contributed by atoms with Gasteiger partial charge in [-0.25, -0.2) is 9.97 Å². The molecule has 0 aromatic carbocycles. The lowest BCUT2D eigenvalue weighted by Gasteiger charge is -2.10. The van der Waals surface area contributed by atoms with E-state index < -0.39 is 0 Å². The molecule has 1 amide bonds. The number of carbonyl (C=O) groups is 1. The Labute approximate surface area is 131 Å². The Morgan fingerprint density at radius 2 is 2.24 bits per heavy atom. The van der Waals surface area contributed by atoms with Crippen molar-refractivity contribution in [3.63, 3.8) is 0 Å². The van der Waals surface area contributed by atoms with E-state index >= 15 is 0 Å². The van der Waals surface area contributed by atoms with Gasteiger partial charge in [-0.3, -0.25) is 9.78 Å². The van der Waals surface area contributed by atoms with Gasteiger partial charge in [0, 0.05) is 30.2 Å². The van der Waals surface area contributed by atoms with E-state index in [0.29, 0.717) is 16.1 Å². The summed E-state index contributed by atoms with van der Waals surface area (Å²) in [6, 6.07) is 1.80. The van der Waals surface area contributed by atoms with E-state index in [2.05, 4.69) is 36.2 Å². The summed E-state index contributed by atoms with van der Waals surface area (Å²) in [7, 11) is 0. The molecular formula is C15H15BrN4O. The molecule has 0 spiro atoms. The largest absolute Gasteiger partial charge is 0.320 e. The summed E-state index contributed by atoms with van der Waals surface area (Å²) < 4.78 is 0.608. The fourth-order valence-corrected chi connectivity index (χ4v) is 2.46. The van der Waals surface area contributed by atoms with Crippen molar-refractivity contribution in [2.45, 2.75) is 32.1 Å². The lowest BCUT2D eigenvalue weighted by atomic mass is 10.2. The normalized spacial score (nSPS) is 14.0. The van der Waals surface area contributed by atoms with Crippen molar-refractivity contribution in [1.82, 2.24) is 15.0 Å². The standard InChI is InChI=1S/C15H15BrN4O/c1-2-9-7-17-6-5-12(9)19-15(21)13-11(16)8-18-14(20-13)10-3-4-10/h5-8,10H,2-4H2,1H3,(H,17,19,21). The summed E-state index contributed by atoms with van der Waals surface area (Å²) in [5.74, 6) is 0.942. The zero-order valence-electron chi connectivity index (χ0n) is 11.6. The predicted molar refractivity (Wildman–Crippen MR) is 83.3 cm³/mol. The van der Waals surface area contributed by atoms with Crippen LogP contribution in [0, 0.1) is 0 Å². The van der Waals surface area contributed by atoms with Gasteiger partial charge in [0.1, 0.15) is 11.5 Å². The van der Waals surface area contributed by atoms with Crippen LogP contribution in [0.15, 0.2) is 29.1 Å². The van der Waals surface area contributed by atoms with E-state index in [1.165, 1.54) is 0 Å². The van der Waals surface area contributed by atoms with Crippen molar-refractivity contribution in [2.24, 2.45) is 0 Å². The summed E-state index contributed by atoms with van der Waals surface area (Å²) in [5, 5.41) is 2.91. The number of hydrogen-bond acceptors (Lipinski definition) is 4. The number of nitrogens with one attached hydrogen (secondary N) is 1. The Kier molecular flexibility index (Phi) is 3.96. The average molecular weight is 347 g/mol. The highest BCUT2D eigenvalue weighted by atomic mass is 79.9. The summed E-state index contributed by atoms with van der Waals surface area (Å²) in [6.07, 6.45) is 8.10. The molecule has 1 aliphatic carbocycles. The third kappa shape index (κ3) is 3.10. The molecule has 2 aromatic rings. The zero-order chi connectivity index (χ0) is 14.8. The van der Waals surface area contributed by atoms with Crippen LogP contribution >= 0.6 is 15.9 Å². The third-order valence-corrected chi connectivity index (χ3v) is 4.03. The van der Waals surface area contributed by atoms with Crippen molar-refractivity contribution >= 4 is 27.5 Å². The third-order valence-electron chi connectivity index (χ3n) is 3.45. The lowest BCUT2D eigenvalue weighted by Crippen LogP contribution is -2.17. The van der Waals surface area contributed by atoms with Gasteiger partial charge in [0.15, 0.2) is 0 Å². The molecule has 2 heterocycles. The number of amides is 1. The zero-order valence-corrected chi connectivity index (χ0v) is 13.2.